The van der Waals surface area contributed by atoms with E-state index in [1.807, 2.05) is 73.9 Å². The number of likely N-dealkylation sites (tertiary alicyclic amines) is 2. The highest BCUT2D eigenvalue weighted by molar-refractivity contribution is 5.91. The molecule has 1 atom stereocenters. The molecule has 2 N–H and O–H groups in total. The van der Waals surface area contributed by atoms with Crippen molar-refractivity contribution in [3.63, 3.8) is 0 Å². The smallest absolute Gasteiger partial charge is 0.410 e. The fourth-order valence-corrected chi connectivity index (χ4v) is 9.14. The molecular formula is C45H65N7O8. The van der Waals surface area contributed by atoms with Gasteiger partial charge in [-0.05, 0) is 94.3 Å². The van der Waals surface area contributed by atoms with Gasteiger partial charge in [0.15, 0.2) is 6.10 Å². The van der Waals surface area contributed by atoms with E-state index >= 15 is 0 Å². The van der Waals surface area contributed by atoms with Crippen LogP contribution in [0.15, 0.2) is 36.4 Å². The lowest BCUT2D eigenvalue weighted by molar-refractivity contribution is -0.146. The monoisotopic (exact) mass is 831 g/mol. The summed E-state index contributed by atoms with van der Waals surface area (Å²) in [5, 5.41) is 13.5. The van der Waals surface area contributed by atoms with Crippen molar-refractivity contribution in [1.82, 2.24) is 29.4 Å². The Morgan fingerprint density at radius 2 is 1.53 bits per heavy atom. The molecule has 0 radical (unpaired) electrons. The van der Waals surface area contributed by atoms with Gasteiger partial charge in [-0.3, -0.25) is 19.3 Å². The number of likely N-dealkylation sites (N-methyl/N-ethyl adjacent to an activating group) is 1. The highest BCUT2D eigenvalue weighted by Gasteiger charge is 2.36. The number of amides is 5. The first-order chi connectivity index (χ1) is 28.9. The van der Waals surface area contributed by atoms with Gasteiger partial charge >= 0.3 is 18.1 Å². The average molecular weight is 832 g/mol. The van der Waals surface area contributed by atoms with Crippen LogP contribution in [0, 0.1) is 13.8 Å². The lowest BCUT2D eigenvalue weighted by atomic mass is 10.00. The molecule has 0 spiro atoms. The molecule has 4 aliphatic rings. The summed E-state index contributed by atoms with van der Waals surface area (Å²) in [5.74, 6) is -0.192. The van der Waals surface area contributed by atoms with Gasteiger partial charge in [0.1, 0.15) is 12.4 Å². The number of aryl methyl sites for hydroxylation is 2. The highest BCUT2D eigenvalue weighted by atomic mass is 16.6. The number of phenols is 1. The fraction of sp³-hybridized carbons (Fsp3) is 0.622. The maximum Gasteiger partial charge on any atom is 0.410 e. The van der Waals surface area contributed by atoms with E-state index in [1.165, 1.54) is 0 Å². The van der Waals surface area contributed by atoms with Gasteiger partial charge in [-0.25, -0.2) is 9.59 Å². The van der Waals surface area contributed by atoms with Crippen LogP contribution in [0.5, 0.6) is 5.75 Å². The molecule has 2 aromatic carbocycles. The third-order valence-electron chi connectivity index (χ3n) is 12.8. The first-order valence-electron chi connectivity index (χ1n) is 22.0. The summed E-state index contributed by atoms with van der Waals surface area (Å²) in [4.78, 5) is 77.3. The number of piperazine rings is 1. The Morgan fingerprint density at radius 1 is 0.867 bits per heavy atom. The molecule has 328 valence electrons. The van der Waals surface area contributed by atoms with E-state index in [-0.39, 0.29) is 48.6 Å². The normalized spacial score (nSPS) is 18.9. The number of piperidine rings is 2. The summed E-state index contributed by atoms with van der Waals surface area (Å²) in [6.45, 7) is 15.0. The van der Waals surface area contributed by atoms with E-state index in [0.29, 0.717) is 95.2 Å². The van der Waals surface area contributed by atoms with E-state index in [2.05, 4.69) is 15.1 Å². The number of phenolic OH excluding ortho intramolecular Hbond substituents is 1. The number of carbonyl (C=O) groups is 5. The minimum atomic E-state index is -1.03. The van der Waals surface area contributed by atoms with Crippen LogP contribution in [0.4, 0.5) is 15.3 Å². The van der Waals surface area contributed by atoms with Crippen LogP contribution in [0.25, 0.3) is 0 Å². The number of rotatable bonds is 14. The summed E-state index contributed by atoms with van der Waals surface area (Å²) in [7, 11) is 0. The molecule has 5 amide bonds. The number of hydrogen-bond donors (Lipinski definition) is 2. The van der Waals surface area contributed by atoms with Crippen LogP contribution < -0.4 is 5.32 Å². The zero-order valence-corrected chi connectivity index (χ0v) is 36.0. The van der Waals surface area contributed by atoms with Crippen LogP contribution in [-0.4, -0.2) is 168 Å². The lowest BCUT2D eigenvalue weighted by Gasteiger charge is -2.43. The molecule has 4 heterocycles. The third-order valence-corrected chi connectivity index (χ3v) is 12.8. The quantitative estimate of drug-likeness (QED) is 0.262. The number of benzene rings is 2. The van der Waals surface area contributed by atoms with Crippen molar-refractivity contribution in [3.8, 4) is 5.75 Å². The summed E-state index contributed by atoms with van der Waals surface area (Å²) >= 11 is 0. The lowest BCUT2D eigenvalue weighted by Crippen LogP contribution is -2.56. The molecule has 4 aliphatic heterocycles. The fourth-order valence-electron chi connectivity index (χ4n) is 9.14. The van der Waals surface area contributed by atoms with Crippen molar-refractivity contribution in [1.29, 1.82) is 0 Å². The van der Waals surface area contributed by atoms with Crippen molar-refractivity contribution in [3.05, 3.63) is 58.7 Å². The highest BCUT2D eigenvalue weighted by Crippen LogP contribution is 2.27. The Bertz CT molecular complexity index is 1790. The van der Waals surface area contributed by atoms with Crippen LogP contribution in [-0.2, 0) is 36.7 Å². The molecule has 0 unspecified atom stereocenters. The summed E-state index contributed by atoms with van der Waals surface area (Å²) in [6.07, 6.45) is 3.32. The summed E-state index contributed by atoms with van der Waals surface area (Å²) < 4.78 is 11.5. The van der Waals surface area contributed by atoms with Gasteiger partial charge < -0.3 is 44.4 Å². The number of urea groups is 1. The number of aromatic hydroxyl groups is 1. The van der Waals surface area contributed by atoms with Crippen LogP contribution in [0.2, 0.25) is 0 Å². The van der Waals surface area contributed by atoms with Gasteiger partial charge in [0.2, 0.25) is 5.91 Å². The second-order valence-electron chi connectivity index (χ2n) is 16.6. The molecule has 0 bridgehead atoms. The van der Waals surface area contributed by atoms with Gasteiger partial charge in [-0.1, -0.05) is 37.3 Å². The number of fused-ring (bicyclic) bond motifs is 1. The molecular weight excluding hydrogens is 767 g/mol. The minimum absolute atomic E-state index is 0.0108. The SMILES string of the molecule is CCC(=O)N(CC)CCOC(=O)CCN1CCC(N2CCN(C(=O)[C@@H](Cc3cc(C)c(O)c(C)c3)OC(=O)N3CCC(N4CCc5ccccc5NC4=O)CC3)CC2)CC1. The van der Waals surface area contributed by atoms with Gasteiger partial charge in [0.05, 0.1) is 13.0 Å². The van der Waals surface area contributed by atoms with Crippen molar-refractivity contribution in [2.24, 2.45) is 0 Å². The number of esters is 1. The second kappa shape index (κ2) is 21.1. The molecule has 2 aromatic rings. The maximum absolute atomic E-state index is 14.2. The van der Waals surface area contributed by atoms with Crippen LogP contribution in [0.3, 0.4) is 0 Å². The number of ether oxygens (including phenoxy) is 2. The largest absolute Gasteiger partial charge is 0.507 e. The Kier molecular flexibility index (Phi) is 15.7. The molecule has 60 heavy (non-hydrogen) atoms. The summed E-state index contributed by atoms with van der Waals surface area (Å²) in [6, 6.07) is 11.8. The maximum atomic E-state index is 14.2. The van der Waals surface area contributed by atoms with Crippen molar-refractivity contribution in [2.45, 2.75) is 97.2 Å². The number of anilines is 1. The van der Waals surface area contributed by atoms with Crippen LogP contribution >= 0.6 is 0 Å². The average Bonchev–Trinajstić information content (AvgIpc) is 3.43. The van der Waals surface area contributed by atoms with E-state index in [1.54, 1.807) is 9.80 Å². The Morgan fingerprint density at radius 3 is 2.20 bits per heavy atom. The van der Waals surface area contributed by atoms with Crippen molar-refractivity contribution < 1.29 is 38.6 Å². The van der Waals surface area contributed by atoms with Gasteiger partial charge in [-0.15, -0.1) is 0 Å². The molecule has 0 aliphatic carbocycles. The number of hydrogen-bond acceptors (Lipinski definition) is 10. The van der Waals surface area contributed by atoms with Gasteiger partial charge in [-0.2, -0.15) is 0 Å². The molecule has 6 rings (SSSR count). The van der Waals surface area contributed by atoms with Gasteiger partial charge in [0.25, 0.3) is 5.91 Å². The van der Waals surface area contributed by atoms with E-state index in [9.17, 15) is 29.1 Å². The van der Waals surface area contributed by atoms with Crippen molar-refractivity contribution >= 4 is 35.6 Å². The predicted octanol–water partition coefficient (Wildman–Crippen LogP) is 4.41. The van der Waals surface area contributed by atoms with E-state index in [4.69, 9.17) is 9.47 Å². The predicted molar refractivity (Wildman–Crippen MR) is 228 cm³/mol. The van der Waals surface area contributed by atoms with Gasteiger partial charge in [0, 0.05) is 89.5 Å². The molecule has 15 heteroatoms. The van der Waals surface area contributed by atoms with E-state index < -0.39 is 12.2 Å². The molecule has 0 saturated carbocycles. The Balaban J connectivity index is 0.975. The van der Waals surface area contributed by atoms with E-state index in [0.717, 1.165) is 62.3 Å². The number of nitrogens with zero attached hydrogens (tertiary/aromatic N) is 6. The standard InChI is InChI=1S/C45H65N7O8/c1-5-40(53)48(6-2)27-28-59-41(54)16-19-47-17-12-36(13-18-47)49-23-25-50(26-24-49)43(56)39(31-34-29-32(3)42(55)33(4)30-34)60-45(58)51-20-14-37(15-21-51)52-22-11-35-9-7-8-10-38(35)46-44(52)57/h7-10,29-30,36-37,39,55H,5-6,11-28,31H2,1-4H3,(H,46,57)/t39-/m1/s1. The zero-order chi connectivity index (χ0) is 42.8. The second-order valence-corrected chi connectivity index (χ2v) is 16.6. The number of nitrogens with one attached hydrogen (secondary N) is 1. The molecule has 3 fully saturated rings. The number of carbonyl (C=O) groups excluding carboxylic acids is 5. The summed E-state index contributed by atoms with van der Waals surface area (Å²) in [5.41, 5.74) is 4.16. The van der Waals surface area contributed by atoms with Crippen molar-refractivity contribution in [2.75, 3.05) is 90.5 Å². The minimum Gasteiger partial charge on any atom is -0.507 e. The first kappa shape index (κ1) is 44.7. The Hall–Kier alpha value is -4.89. The zero-order valence-electron chi connectivity index (χ0n) is 36.0. The third kappa shape index (κ3) is 11.5. The van der Waals surface area contributed by atoms with Crippen LogP contribution in [0.1, 0.15) is 74.6 Å². The first-order valence-corrected chi connectivity index (χ1v) is 22.0. The molecule has 3 saturated heterocycles. The molecule has 15 nitrogen and oxygen atoms in total. The Labute approximate surface area is 354 Å². The number of para-hydroxylation sites is 1. The molecule has 0 aromatic heterocycles. The topological polar surface area (TPSA) is 156 Å².